The van der Waals surface area contributed by atoms with Crippen molar-refractivity contribution in [3.63, 3.8) is 0 Å². The van der Waals surface area contributed by atoms with Crippen LogP contribution in [0.3, 0.4) is 0 Å². The van der Waals surface area contributed by atoms with Crippen molar-refractivity contribution in [2.24, 2.45) is 0 Å². The Bertz CT molecular complexity index is 750. The van der Waals surface area contributed by atoms with Crippen LogP contribution >= 0.6 is 0 Å². The fraction of sp³-hybridized carbons (Fsp3) is 0.353. The second-order valence-corrected chi connectivity index (χ2v) is 5.83. The predicted octanol–water partition coefficient (Wildman–Crippen LogP) is 2.24. The molecule has 120 valence electrons. The van der Waals surface area contributed by atoms with Gasteiger partial charge in [0.2, 0.25) is 0 Å². The van der Waals surface area contributed by atoms with E-state index >= 15 is 0 Å². The maximum atomic E-state index is 4.47. The molecule has 0 saturated carbocycles. The molecule has 0 fully saturated rings. The molecule has 0 unspecified atom stereocenters. The molecule has 6 heteroatoms. The molecular weight excluding hydrogens is 288 g/mol. The summed E-state index contributed by atoms with van der Waals surface area (Å²) in [5.74, 6) is 0.855. The second kappa shape index (κ2) is 7.19. The van der Waals surface area contributed by atoms with Crippen molar-refractivity contribution in [1.29, 1.82) is 0 Å². The summed E-state index contributed by atoms with van der Waals surface area (Å²) in [6.45, 7) is 2.64. The van der Waals surface area contributed by atoms with Crippen LogP contribution < -0.4 is 5.32 Å². The maximum Gasteiger partial charge on any atom is 0.163 e. The lowest BCUT2D eigenvalue weighted by molar-refractivity contribution is 0.405. The molecule has 0 radical (unpaired) electrons. The number of hydrogen-bond acceptors (Lipinski definition) is 5. The molecule has 0 saturated heterocycles. The third-order valence-corrected chi connectivity index (χ3v) is 3.68. The van der Waals surface area contributed by atoms with Gasteiger partial charge in [-0.15, -0.1) is 0 Å². The molecule has 0 bridgehead atoms. The van der Waals surface area contributed by atoms with Crippen LogP contribution in [0, 0.1) is 0 Å². The Labute approximate surface area is 136 Å². The highest BCUT2D eigenvalue weighted by Gasteiger charge is 2.09. The molecule has 1 N–H and O–H groups in total. The van der Waals surface area contributed by atoms with Gasteiger partial charge in [-0.1, -0.05) is 30.3 Å². The van der Waals surface area contributed by atoms with Gasteiger partial charge in [0.05, 0.1) is 18.1 Å². The number of hydrogen-bond donors (Lipinski definition) is 1. The third kappa shape index (κ3) is 3.84. The van der Waals surface area contributed by atoms with Crippen LogP contribution in [0.5, 0.6) is 0 Å². The first-order chi connectivity index (χ1) is 11.2. The predicted molar refractivity (Wildman–Crippen MR) is 92.5 cm³/mol. The Kier molecular flexibility index (Phi) is 4.83. The highest BCUT2D eigenvalue weighted by Crippen LogP contribution is 2.19. The molecule has 0 amide bonds. The summed E-state index contributed by atoms with van der Waals surface area (Å²) in [5, 5.41) is 8.83. The van der Waals surface area contributed by atoms with Gasteiger partial charge in [0, 0.05) is 6.54 Å². The second-order valence-electron chi connectivity index (χ2n) is 5.83. The van der Waals surface area contributed by atoms with Gasteiger partial charge in [0.25, 0.3) is 0 Å². The quantitative estimate of drug-likeness (QED) is 0.678. The van der Waals surface area contributed by atoms with Gasteiger partial charge < -0.3 is 10.2 Å². The molecule has 3 rings (SSSR count). The third-order valence-electron chi connectivity index (χ3n) is 3.68. The standard InChI is InChI=1S/C17H22N6/c1-22(2)10-6-9-18-16-15-11-21-23(17(15)20-13-19-16)12-14-7-4-3-5-8-14/h3-5,7-8,11,13H,6,9-10,12H2,1-2H3,(H,18,19,20). The van der Waals surface area contributed by atoms with Crippen LogP contribution in [0.2, 0.25) is 0 Å². The lowest BCUT2D eigenvalue weighted by atomic mass is 10.2. The number of anilines is 1. The van der Waals surface area contributed by atoms with Crippen LogP contribution in [-0.4, -0.2) is 51.8 Å². The Morgan fingerprint density at radius 3 is 2.74 bits per heavy atom. The Balaban J connectivity index is 1.75. The maximum absolute atomic E-state index is 4.47. The lowest BCUT2D eigenvalue weighted by Gasteiger charge is -2.10. The molecule has 6 nitrogen and oxygen atoms in total. The van der Waals surface area contributed by atoms with E-state index < -0.39 is 0 Å². The van der Waals surface area contributed by atoms with E-state index in [1.165, 1.54) is 5.56 Å². The van der Waals surface area contributed by atoms with E-state index in [-0.39, 0.29) is 0 Å². The normalized spacial score (nSPS) is 11.3. The Morgan fingerprint density at radius 1 is 1.13 bits per heavy atom. The Morgan fingerprint density at radius 2 is 1.96 bits per heavy atom. The molecule has 0 atom stereocenters. The minimum absolute atomic E-state index is 0.710. The van der Waals surface area contributed by atoms with Crippen molar-refractivity contribution in [2.75, 3.05) is 32.5 Å². The molecule has 0 aliphatic carbocycles. The van der Waals surface area contributed by atoms with Crippen LogP contribution in [0.1, 0.15) is 12.0 Å². The zero-order chi connectivity index (χ0) is 16.1. The van der Waals surface area contributed by atoms with E-state index in [2.05, 4.69) is 51.5 Å². The molecule has 0 aliphatic rings. The molecule has 0 aliphatic heterocycles. The first-order valence-electron chi connectivity index (χ1n) is 7.83. The number of aromatic nitrogens is 4. The zero-order valence-corrected chi connectivity index (χ0v) is 13.6. The van der Waals surface area contributed by atoms with Crippen LogP contribution in [-0.2, 0) is 6.54 Å². The zero-order valence-electron chi connectivity index (χ0n) is 13.6. The van der Waals surface area contributed by atoms with E-state index in [1.54, 1.807) is 6.33 Å². The topological polar surface area (TPSA) is 58.9 Å². The Hall–Kier alpha value is -2.47. The van der Waals surface area contributed by atoms with Gasteiger partial charge in [0.1, 0.15) is 12.1 Å². The minimum Gasteiger partial charge on any atom is -0.369 e. The van der Waals surface area contributed by atoms with Crippen LogP contribution in [0.15, 0.2) is 42.9 Å². The van der Waals surface area contributed by atoms with Gasteiger partial charge in [0.15, 0.2) is 5.65 Å². The van der Waals surface area contributed by atoms with Crippen molar-refractivity contribution < 1.29 is 0 Å². The monoisotopic (exact) mass is 310 g/mol. The van der Waals surface area contributed by atoms with Crippen molar-refractivity contribution in [2.45, 2.75) is 13.0 Å². The van der Waals surface area contributed by atoms with E-state index in [0.717, 1.165) is 36.4 Å². The number of benzene rings is 1. The summed E-state index contributed by atoms with van der Waals surface area (Å²) in [6, 6.07) is 10.3. The van der Waals surface area contributed by atoms with Crippen LogP contribution in [0.4, 0.5) is 5.82 Å². The first-order valence-corrected chi connectivity index (χ1v) is 7.83. The van der Waals surface area contributed by atoms with E-state index in [9.17, 15) is 0 Å². The lowest BCUT2D eigenvalue weighted by Crippen LogP contribution is -2.16. The van der Waals surface area contributed by atoms with E-state index in [4.69, 9.17) is 0 Å². The number of nitrogens with zero attached hydrogens (tertiary/aromatic N) is 5. The van der Waals surface area contributed by atoms with Gasteiger partial charge in [-0.3, -0.25) is 0 Å². The summed E-state index contributed by atoms with van der Waals surface area (Å²) < 4.78 is 1.91. The summed E-state index contributed by atoms with van der Waals surface area (Å²) in [4.78, 5) is 10.9. The SMILES string of the molecule is CN(C)CCCNc1ncnc2c1cnn2Cc1ccccc1. The van der Waals surface area contributed by atoms with Crippen molar-refractivity contribution in [1.82, 2.24) is 24.6 Å². The average Bonchev–Trinajstić information content (AvgIpc) is 2.96. The smallest absolute Gasteiger partial charge is 0.163 e. The fourth-order valence-electron chi connectivity index (χ4n) is 2.51. The summed E-state index contributed by atoms with van der Waals surface area (Å²) in [5.41, 5.74) is 2.07. The summed E-state index contributed by atoms with van der Waals surface area (Å²) >= 11 is 0. The highest BCUT2D eigenvalue weighted by atomic mass is 15.3. The van der Waals surface area contributed by atoms with Crippen molar-refractivity contribution >= 4 is 16.9 Å². The van der Waals surface area contributed by atoms with Crippen molar-refractivity contribution in [3.8, 4) is 0 Å². The summed E-state index contributed by atoms with van der Waals surface area (Å²) in [7, 11) is 4.16. The molecule has 23 heavy (non-hydrogen) atoms. The first kappa shape index (κ1) is 15.4. The molecule has 0 spiro atoms. The average molecular weight is 310 g/mol. The van der Waals surface area contributed by atoms with E-state index in [1.807, 2.05) is 29.1 Å². The molecular formula is C17H22N6. The van der Waals surface area contributed by atoms with Crippen molar-refractivity contribution in [3.05, 3.63) is 48.4 Å². The van der Waals surface area contributed by atoms with Gasteiger partial charge in [-0.2, -0.15) is 5.10 Å². The molecule has 3 aromatic rings. The molecule has 2 aromatic heterocycles. The fourth-order valence-corrected chi connectivity index (χ4v) is 2.51. The van der Waals surface area contributed by atoms with Gasteiger partial charge >= 0.3 is 0 Å². The van der Waals surface area contributed by atoms with Crippen LogP contribution in [0.25, 0.3) is 11.0 Å². The van der Waals surface area contributed by atoms with E-state index in [0.29, 0.717) is 6.54 Å². The molecule has 1 aromatic carbocycles. The van der Waals surface area contributed by atoms with Gasteiger partial charge in [-0.25, -0.2) is 14.6 Å². The number of rotatable bonds is 7. The number of nitrogens with one attached hydrogen (secondary N) is 1. The highest BCUT2D eigenvalue weighted by molar-refractivity contribution is 5.86. The largest absolute Gasteiger partial charge is 0.369 e. The minimum atomic E-state index is 0.710. The number of fused-ring (bicyclic) bond motifs is 1. The van der Waals surface area contributed by atoms with Gasteiger partial charge in [-0.05, 0) is 32.6 Å². The molecule has 2 heterocycles. The summed E-state index contributed by atoms with van der Waals surface area (Å²) in [6.07, 6.45) is 4.50.